The molecule has 0 spiro atoms. The van der Waals surface area contributed by atoms with Crippen molar-refractivity contribution in [3.63, 3.8) is 0 Å². The molecule has 0 saturated carbocycles. The first kappa shape index (κ1) is 11.1. The normalized spacial score (nSPS) is 24.4. The van der Waals surface area contributed by atoms with Crippen LogP contribution in [-0.2, 0) is 4.79 Å². The number of rotatable bonds is 2. The molecule has 0 bridgehead atoms. The van der Waals surface area contributed by atoms with Crippen molar-refractivity contribution in [3.8, 4) is 0 Å². The molecular weight excluding hydrogens is 202 g/mol. The van der Waals surface area contributed by atoms with E-state index in [2.05, 4.69) is 15.6 Å². The summed E-state index contributed by atoms with van der Waals surface area (Å²) in [7, 11) is 0. The van der Waals surface area contributed by atoms with Crippen LogP contribution >= 0.6 is 0 Å². The Morgan fingerprint density at radius 3 is 3.06 bits per heavy atom. The largest absolute Gasteiger partial charge is 0.316 e. The topological polar surface area (TPSA) is 54.0 Å². The Bertz CT molecular complexity index is 397. The van der Waals surface area contributed by atoms with E-state index in [1.807, 2.05) is 26.0 Å². The third kappa shape index (κ3) is 2.22. The summed E-state index contributed by atoms with van der Waals surface area (Å²) in [6.45, 7) is 5.62. The predicted octanol–water partition coefficient (Wildman–Crippen LogP) is 1.33. The molecule has 0 aromatic carbocycles. The van der Waals surface area contributed by atoms with Crippen LogP contribution in [0.2, 0.25) is 0 Å². The van der Waals surface area contributed by atoms with Gasteiger partial charge in [-0.2, -0.15) is 0 Å². The maximum atomic E-state index is 12.1. The number of nitrogens with zero attached hydrogens (tertiary/aromatic N) is 1. The van der Waals surface area contributed by atoms with Crippen LogP contribution in [-0.4, -0.2) is 24.0 Å². The van der Waals surface area contributed by atoms with Crippen LogP contribution in [0.3, 0.4) is 0 Å². The predicted molar refractivity (Wildman–Crippen MR) is 63.2 cm³/mol. The van der Waals surface area contributed by atoms with Crippen LogP contribution in [0, 0.1) is 12.3 Å². The Labute approximate surface area is 95.5 Å². The maximum Gasteiger partial charge on any atom is 0.232 e. The molecule has 1 aromatic heterocycles. The Kier molecular flexibility index (Phi) is 2.92. The van der Waals surface area contributed by atoms with Gasteiger partial charge in [0.25, 0.3) is 0 Å². The lowest BCUT2D eigenvalue weighted by Gasteiger charge is -2.21. The number of hydrogen-bond donors (Lipinski definition) is 2. The standard InChI is InChI=1S/C12H17N3O/c1-9-3-5-14-10(7-9)15-11(16)12(2)4-6-13-8-12/h3,5,7,13H,4,6,8H2,1-2H3,(H,14,15,16). The summed E-state index contributed by atoms with van der Waals surface area (Å²) >= 11 is 0. The van der Waals surface area contributed by atoms with Gasteiger partial charge in [-0.15, -0.1) is 0 Å². The third-order valence-corrected chi connectivity index (χ3v) is 3.07. The van der Waals surface area contributed by atoms with Gasteiger partial charge < -0.3 is 10.6 Å². The quantitative estimate of drug-likeness (QED) is 0.789. The van der Waals surface area contributed by atoms with Gasteiger partial charge in [0.2, 0.25) is 5.91 Å². The summed E-state index contributed by atoms with van der Waals surface area (Å²) in [5.74, 6) is 0.689. The Morgan fingerprint density at radius 2 is 2.44 bits per heavy atom. The minimum Gasteiger partial charge on any atom is -0.316 e. The highest BCUT2D eigenvalue weighted by molar-refractivity contribution is 5.94. The first-order chi connectivity index (χ1) is 7.60. The van der Waals surface area contributed by atoms with Crippen molar-refractivity contribution < 1.29 is 4.79 Å². The molecule has 0 radical (unpaired) electrons. The summed E-state index contributed by atoms with van der Waals surface area (Å²) < 4.78 is 0. The van der Waals surface area contributed by atoms with E-state index < -0.39 is 0 Å². The number of anilines is 1. The molecule has 86 valence electrons. The Morgan fingerprint density at radius 1 is 1.62 bits per heavy atom. The van der Waals surface area contributed by atoms with Crippen molar-refractivity contribution in [2.75, 3.05) is 18.4 Å². The minimum absolute atomic E-state index is 0.0515. The summed E-state index contributed by atoms with van der Waals surface area (Å²) in [6.07, 6.45) is 2.59. The van der Waals surface area contributed by atoms with E-state index in [-0.39, 0.29) is 11.3 Å². The van der Waals surface area contributed by atoms with E-state index in [9.17, 15) is 4.79 Å². The highest BCUT2D eigenvalue weighted by Gasteiger charge is 2.36. The van der Waals surface area contributed by atoms with Gasteiger partial charge in [0.05, 0.1) is 5.41 Å². The zero-order valence-corrected chi connectivity index (χ0v) is 9.71. The van der Waals surface area contributed by atoms with Gasteiger partial charge in [-0.1, -0.05) is 0 Å². The third-order valence-electron chi connectivity index (χ3n) is 3.07. The van der Waals surface area contributed by atoms with Gasteiger partial charge in [0, 0.05) is 12.7 Å². The summed E-state index contributed by atoms with van der Waals surface area (Å²) in [6, 6.07) is 3.79. The van der Waals surface area contributed by atoms with Gasteiger partial charge in [-0.25, -0.2) is 4.98 Å². The molecule has 2 N–H and O–H groups in total. The smallest absolute Gasteiger partial charge is 0.232 e. The fraction of sp³-hybridized carbons (Fsp3) is 0.500. The summed E-state index contributed by atoms with van der Waals surface area (Å²) in [5, 5.41) is 6.08. The average molecular weight is 219 g/mol. The zero-order chi connectivity index (χ0) is 11.6. The van der Waals surface area contributed by atoms with E-state index in [4.69, 9.17) is 0 Å². The number of amides is 1. The number of aromatic nitrogens is 1. The number of carbonyl (C=O) groups excluding carboxylic acids is 1. The van der Waals surface area contributed by atoms with Gasteiger partial charge in [0.15, 0.2) is 0 Å². The second-order valence-electron chi connectivity index (χ2n) is 4.66. The van der Waals surface area contributed by atoms with Gasteiger partial charge in [-0.3, -0.25) is 4.79 Å². The minimum atomic E-state index is -0.300. The van der Waals surface area contributed by atoms with Crippen LogP contribution in [0.15, 0.2) is 18.3 Å². The molecule has 1 atom stereocenters. The van der Waals surface area contributed by atoms with E-state index in [1.165, 1.54) is 0 Å². The molecule has 1 saturated heterocycles. The number of nitrogens with one attached hydrogen (secondary N) is 2. The zero-order valence-electron chi connectivity index (χ0n) is 9.71. The number of hydrogen-bond acceptors (Lipinski definition) is 3. The van der Waals surface area contributed by atoms with E-state index in [0.717, 1.165) is 25.1 Å². The molecule has 0 aliphatic carbocycles. The highest BCUT2D eigenvalue weighted by Crippen LogP contribution is 2.25. The SMILES string of the molecule is Cc1ccnc(NC(=O)C2(C)CCNC2)c1. The fourth-order valence-corrected chi connectivity index (χ4v) is 1.88. The maximum absolute atomic E-state index is 12.1. The average Bonchev–Trinajstić information content (AvgIpc) is 2.66. The molecule has 4 nitrogen and oxygen atoms in total. The first-order valence-corrected chi connectivity index (χ1v) is 5.55. The van der Waals surface area contributed by atoms with Crippen molar-refractivity contribution >= 4 is 11.7 Å². The van der Waals surface area contributed by atoms with Crippen molar-refractivity contribution in [3.05, 3.63) is 23.9 Å². The molecule has 1 unspecified atom stereocenters. The van der Waals surface area contributed by atoms with Crippen molar-refractivity contribution in [1.82, 2.24) is 10.3 Å². The molecule has 1 aliphatic heterocycles. The lowest BCUT2D eigenvalue weighted by Crippen LogP contribution is -2.35. The van der Waals surface area contributed by atoms with Crippen LogP contribution < -0.4 is 10.6 Å². The highest BCUT2D eigenvalue weighted by atomic mass is 16.2. The van der Waals surface area contributed by atoms with E-state index >= 15 is 0 Å². The van der Waals surface area contributed by atoms with Gasteiger partial charge in [-0.05, 0) is 44.5 Å². The van der Waals surface area contributed by atoms with E-state index in [1.54, 1.807) is 6.20 Å². The molecule has 2 rings (SSSR count). The molecule has 1 amide bonds. The molecule has 1 fully saturated rings. The fourth-order valence-electron chi connectivity index (χ4n) is 1.88. The van der Waals surface area contributed by atoms with Gasteiger partial charge in [0.1, 0.15) is 5.82 Å². The second kappa shape index (κ2) is 4.22. The van der Waals surface area contributed by atoms with Gasteiger partial charge >= 0.3 is 0 Å². The molecule has 2 heterocycles. The number of pyridine rings is 1. The monoisotopic (exact) mass is 219 g/mol. The van der Waals surface area contributed by atoms with Crippen LogP contribution in [0.5, 0.6) is 0 Å². The number of carbonyl (C=O) groups is 1. The Hall–Kier alpha value is -1.42. The van der Waals surface area contributed by atoms with E-state index in [0.29, 0.717) is 5.82 Å². The molecule has 1 aromatic rings. The molecule has 1 aliphatic rings. The second-order valence-corrected chi connectivity index (χ2v) is 4.66. The molecule has 16 heavy (non-hydrogen) atoms. The lowest BCUT2D eigenvalue weighted by molar-refractivity contribution is -0.123. The van der Waals surface area contributed by atoms with Crippen molar-refractivity contribution in [1.29, 1.82) is 0 Å². The van der Waals surface area contributed by atoms with Crippen LogP contribution in [0.4, 0.5) is 5.82 Å². The Balaban J connectivity index is 2.07. The van der Waals surface area contributed by atoms with Crippen LogP contribution in [0.25, 0.3) is 0 Å². The first-order valence-electron chi connectivity index (χ1n) is 5.55. The van der Waals surface area contributed by atoms with Crippen molar-refractivity contribution in [2.24, 2.45) is 5.41 Å². The summed E-state index contributed by atoms with van der Waals surface area (Å²) in [5.41, 5.74) is 0.797. The lowest BCUT2D eigenvalue weighted by atomic mass is 9.89. The molecule has 4 heteroatoms. The summed E-state index contributed by atoms with van der Waals surface area (Å²) in [4.78, 5) is 16.2. The number of aryl methyl sites for hydroxylation is 1. The van der Waals surface area contributed by atoms with Crippen molar-refractivity contribution in [2.45, 2.75) is 20.3 Å². The van der Waals surface area contributed by atoms with Crippen LogP contribution in [0.1, 0.15) is 18.9 Å². The molecular formula is C12H17N3O.